The van der Waals surface area contributed by atoms with Gasteiger partial charge >= 0.3 is 0 Å². The molecule has 1 N–H and O–H groups in total. The summed E-state index contributed by atoms with van der Waals surface area (Å²) in [7, 11) is 0. The summed E-state index contributed by atoms with van der Waals surface area (Å²) in [6, 6.07) is 0. The van der Waals surface area contributed by atoms with Gasteiger partial charge in [0.15, 0.2) is 5.78 Å². The van der Waals surface area contributed by atoms with Gasteiger partial charge in [0.25, 0.3) is 0 Å². The number of carbonyl (C=O) groups excluding carboxylic acids is 1. The van der Waals surface area contributed by atoms with E-state index in [4.69, 9.17) is 9.47 Å². The molecule has 18 heavy (non-hydrogen) atoms. The van der Waals surface area contributed by atoms with Gasteiger partial charge in [-0.05, 0) is 19.4 Å². The van der Waals surface area contributed by atoms with Crippen LogP contribution in [0.4, 0.5) is 0 Å². The zero-order chi connectivity index (χ0) is 12.8. The summed E-state index contributed by atoms with van der Waals surface area (Å²) in [4.78, 5) is 11.2. The molecule has 0 aromatic carbocycles. The third-order valence-electron chi connectivity index (χ3n) is 2.29. The molecule has 0 aliphatic heterocycles. The molecule has 0 aromatic rings. The van der Waals surface area contributed by atoms with E-state index in [2.05, 4.69) is 19.2 Å². The highest BCUT2D eigenvalue weighted by Gasteiger charge is 2.00. The van der Waals surface area contributed by atoms with Gasteiger partial charge in [0.2, 0.25) is 0 Å². The van der Waals surface area contributed by atoms with E-state index in [1.54, 1.807) is 0 Å². The predicted molar refractivity (Wildman–Crippen MR) is 76.1 cm³/mol. The van der Waals surface area contributed by atoms with Crippen molar-refractivity contribution in [2.75, 3.05) is 39.5 Å². The van der Waals surface area contributed by atoms with Gasteiger partial charge in [0, 0.05) is 13.0 Å². The van der Waals surface area contributed by atoms with E-state index < -0.39 is 0 Å². The fourth-order valence-electron chi connectivity index (χ4n) is 1.30. The van der Waals surface area contributed by atoms with Crippen molar-refractivity contribution in [3.8, 4) is 0 Å². The molecule has 0 aliphatic carbocycles. The summed E-state index contributed by atoms with van der Waals surface area (Å²) in [5.74, 6) is 0.191. The third-order valence-corrected chi connectivity index (χ3v) is 2.29. The highest BCUT2D eigenvalue weighted by Crippen LogP contribution is 1.95. The Morgan fingerprint density at radius 1 is 1.00 bits per heavy atom. The van der Waals surface area contributed by atoms with E-state index in [-0.39, 0.29) is 19.8 Å². The fraction of sp³-hybridized carbons (Fsp3) is 0.929. The average molecular weight is 261 g/mol. The zero-order valence-corrected chi connectivity index (χ0v) is 11.3. The van der Waals surface area contributed by atoms with Crippen molar-refractivity contribution >= 4 is 5.78 Å². The Labute approximate surface area is 112 Å². The molecular formula is C14H31NO3. The van der Waals surface area contributed by atoms with Crippen molar-refractivity contribution < 1.29 is 14.3 Å². The lowest BCUT2D eigenvalue weighted by Crippen LogP contribution is -2.21. The van der Waals surface area contributed by atoms with Gasteiger partial charge in [-0.25, -0.2) is 0 Å². The number of unbranched alkanes of at least 4 members (excludes halogenated alkanes) is 1. The van der Waals surface area contributed by atoms with Gasteiger partial charge in [0.05, 0.1) is 19.8 Å². The first kappa shape index (κ1) is 19.9. The second-order valence-electron chi connectivity index (χ2n) is 4.06. The van der Waals surface area contributed by atoms with Crippen molar-refractivity contribution in [2.24, 2.45) is 0 Å². The summed E-state index contributed by atoms with van der Waals surface area (Å²) in [6.07, 6.45) is 3.79. The molecule has 0 radical (unpaired) electrons. The van der Waals surface area contributed by atoms with Crippen LogP contribution in [0.15, 0.2) is 0 Å². The highest BCUT2D eigenvalue weighted by molar-refractivity contribution is 5.79. The monoisotopic (exact) mass is 261 g/mol. The average Bonchev–Trinajstić information content (AvgIpc) is 2.34. The van der Waals surface area contributed by atoms with E-state index in [0.717, 1.165) is 32.4 Å². The lowest BCUT2D eigenvalue weighted by Gasteiger charge is -2.06. The van der Waals surface area contributed by atoms with Gasteiger partial charge in [-0.15, -0.1) is 0 Å². The number of hydrogen-bond acceptors (Lipinski definition) is 4. The largest absolute Gasteiger partial charge is 0.378 e. The standard InChI is InChI=1S/C13H27NO3.CH4/c1-3-5-6-13(15)12-17-11-10-16-9-8-14-7-4-2;/h14H,3-12H2,1-2H3;1H4. The first-order valence-corrected chi connectivity index (χ1v) is 6.69. The molecule has 0 unspecified atom stereocenters. The Balaban J connectivity index is 0. The minimum atomic E-state index is 0. The molecule has 0 saturated carbocycles. The second kappa shape index (κ2) is 16.6. The Morgan fingerprint density at radius 3 is 2.39 bits per heavy atom. The second-order valence-corrected chi connectivity index (χ2v) is 4.06. The van der Waals surface area contributed by atoms with Gasteiger partial charge in [-0.3, -0.25) is 4.79 Å². The summed E-state index contributed by atoms with van der Waals surface area (Å²) in [6.45, 7) is 8.13. The van der Waals surface area contributed by atoms with Crippen molar-refractivity contribution in [1.82, 2.24) is 5.32 Å². The van der Waals surface area contributed by atoms with Gasteiger partial charge in [-0.2, -0.15) is 0 Å². The quantitative estimate of drug-likeness (QED) is 0.517. The van der Waals surface area contributed by atoms with Crippen LogP contribution in [0.2, 0.25) is 0 Å². The molecule has 0 aromatic heterocycles. The first-order valence-electron chi connectivity index (χ1n) is 6.69. The molecule has 0 saturated heterocycles. The van der Waals surface area contributed by atoms with E-state index in [1.807, 2.05) is 0 Å². The molecule has 0 spiro atoms. The van der Waals surface area contributed by atoms with Gasteiger partial charge < -0.3 is 14.8 Å². The Hall–Kier alpha value is -0.450. The number of ketones is 1. The molecule has 0 amide bonds. The van der Waals surface area contributed by atoms with Crippen molar-refractivity contribution in [1.29, 1.82) is 0 Å². The molecule has 0 fully saturated rings. The molecule has 4 heteroatoms. The molecule has 0 heterocycles. The number of rotatable bonds is 13. The van der Waals surface area contributed by atoms with Crippen LogP contribution in [-0.4, -0.2) is 45.3 Å². The Morgan fingerprint density at radius 2 is 1.72 bits per heavy atom. The molecule has 0 atom stereocenters. The lowest BCUT2D eigenvalue weighted by atomic mass is 10.2. The maximum Gasteiger partial charge on any atom is 0.158 e. The van der Waals surface area contributed by atoms with Crippen LogP contribution in [-0.2, 0) is 14.3 Å². The summed E-state index contributed by atoms with van der Waals surface area (Å²) < 4.78 is 10.6. The third kappa shape index (κ3) is 15.6. The lowest BCUT2D eigenvalue weighted by molar-refractivity contribution is -0.124. The van der Waals surface area contributed by atoms with Gasteiger partial charge in [0.1, 0.15) is 6.61 Å². The summed E-state index contributed by atoms with van der Waals surface area (Å²) in [5, 5.41) is 3.25. The number of carbonyl (C=O) groups is 1. The van der Waals surface area contributed by atoms with Crippen molar-refractivity contribution in [3.63, 3.8) is 0 Å². The van der Waals surface area contributed by atoms with Crippen LogP contribution in [0, 0.1) is 0 Å². The van der Waals surface area contributed by atoms with Crippen LogP contribution in [0.25, 0.3) is 0 Å². The maximum absolute atomic E-state index is 11.2. The maximum atomic E-state index is 11.2. The molecule has 0 aliphatic rings. The first-order chi connectivity index (χ1) is 8.31. The van der Waals surface area contributed by atoms with Crippen LogP contribution in [0.5, 0.6) is 0 Å². The van der Waals surface area contributed by atoms with E-state index in [0.29, 0.717) is 26.2 Å². The summed E-state index contributed by atoms with van der Waals surface area (Å²) >= 11 is 0. The smallest absolute Gasteiger partial charge is 0.158 e. The number of nitrogens with one attached hydrogen (secondary N) is 1. The van der Waals surface area contributed by atoms with Crippen LogP contribution in [0.3, 0.4) is 0 Å². The molecule has 0 bridgehead atoms. The SMILES string of the molecule is C.CCCCC(=O)COCCOCCNCCC. The minimum absolute atomic E-state index is 0. The highest BCUT2D eigenvalue weighted by atomic mass is 16.5. The molecular weight excluding hydrogens is 230 g/mol. The minimum Gasteiger partial charge on any atom is -0.378 e. The number of hydrogen-bond donors (Lipinski definition) is 1. The Bertz CT molecular complexity index is 174. The van der Waals surface area contributed by atoms with Crippen LogP contribution >= 0.6 is 0 Å². The number of ether oxygens (including phenoxy) is 2. The Kier molecular flexibility index (Phi) is 18.3. The predicted octanol–water partition coefficient (Wildman–Crippen LogP) is 2.41. The molecule has 4 nitrogen and oxygen atoms in total. The van der Waals surface area contributed by atoms with E-state index >= 15 is 0 Å². The molecule has 0 rings (SSSR count). The fourth-order valence-corrected chi connectivity index (χ4v) is 1.30. The van der Waals surface area contributed by atoms with Crippen molar-refractivity contribution in [3.05, 3.63) is 0 Å². The van der Waals surface area contributed by atoms with E-state index in [9.17, 15) is 4.79 Å². The molecule has 110 valence electrons. The van der Waals surface area contributed by atoms with Crippen LogP contribution in [0.1, 0.15) is 47.0 Å². The van der Waals surface area contributed by atoms with E-state index in [1.165, 1.54) is 0 Å². The van der Waals surface area contributed by atoms with Crippen LogP contribution < -0.4 is 5.32 Å². The number of Topliss-reactive ketones (excluding diaryl/α,β-unsaturated/α-hetero) is 1. The van der Waals surface area contributed by atoms with Gasteiger partial charge in [-0.1, -0.05) is 27.7 Å². The normalized spacial score (nSPS) is 10.1. The topological polar surface area (TPSA) is 47.6 Å². The zero-order valence-electron chi connectivity index (χ0n) is 11.3. The summed E-state index contributed by atoms with van der Waals surface area (Å²) in [5.41, 5.74) is 0. The van der Waals surface area contributed by atoms with Crippen molar-refractivity contribution in [2.45, 2.75) is 47.0 Å².